The highest BCUT2D eigenvalue weighted by Crippen LogP contribution is 2.39. The van der Waals surface area contributed by atoms with E-state index in [4.69, 9.17) is 16.6 Å². The van der Waals surface area contributed by atoms with Crippen molar-refractivity contribution in [1.82, 2.24) is 9.55 Å². The Labute approximate surface area is 178 Å². The second-order valence-corrected chi connectivity index (χ2v) is 8.09. The normalized spacial score (nSPS) is 11.1. The zero-order valence-electron chi connectivity index (χ0n) is 15.7. The van der Waals surface area contributed by atoms with Gasteiger partial charge in [-0.05, 0) is 29.3 Å². The van der Waals surface area contributed by atoms with Crippen LogP contribution in [-0.4, -0.2) is 9.55 Å². The van der Waals surface area contributed by atoms with Crippen molar-refractivity contribution in [3.8, 4) is 0 Å². The summed E-state index contributed by atoms with van der Waals surface area (Å²) in [5, 5.41) is 1.70. The number of aromatic nitrogens is 2. The predicted octanol–water partition coefficient (Wildman–Crippen LogP) is 6.12. The van der Waals surface area contributed by atoms with E-state index < -0.39 is 0 Å². The van der Waals surface area contributed by atoms with Crippen molar-refractivity contribution in [2.75, 3.05) is 0 Å². The minimum Gasteiger partial charge on any atom is -0.283 e. The van der Waals surface area contributed by atoms with Crippen LogP contribution in [0, 0.1) is 0 Å². The molecular weight excluding hydrogens is 400 g/mol. The molecule has 0 spiro atoms. The zero-order valence-corrected chi connectivity index (χ0v) is 17.2. The van der Waals surface area contributed by atoms with Crippen molar-refractivity contribution < 1.29 is 0 Å². The Morgan fingerprint density at radius 1 is 1.00 bits per heavy atom. The number of rotatable bonds is 6. The molecule has 0 aliphatic rings. The highest BCUT2D eigenvalue weighted by Gasteiger charge is 2.20. The topological polar surface area (TPSA) is 34.9 Å². The van der Waals surface area contributed by atoms with Gasteiger partial charge in [-0.1, -0.05) is 90.1 Å². The average molecular weight is 419 g/mol. The monoisotopic (exact) mass is 418 g/mol. The van der Waals surface area contributed by atoms with E-state index in [-0.39, 0.29) is 10.8 Å². The third-order valence-corrected chi connectivity index (χ3v) is 6.16. The lowest BCUT2D eigenvalue weighted by atomic mass is 10.0. The number of hydrogen-bond acceptors (Lipinski definition) is 3. The molecule has 0 aliphatic heterocycles. The molecule has 0 atom stereocenters. The molecule has 4 aromatic rings. The van der Waals surface area contributed by atoms with Crippen LogP contribution in [0.2, 0.25) is 5.02 Å². The Balaban J connectivity index is 1.88. The number of fused-ring (bicyclic) bond motifs is 1. The minimum absolute atomic E-state index is 0.00474. The van der Waals surface area contributed by atoms with Crippen molar-refractivity contribution in [3.05, 3.63) is 118 Å². The standard InChI is InChI=1S/C24H19ClN2OS/c1-2-15-27-23(28)20-16-19(25)13-14-21(20)26-24(27)29-22(17-9-5-3-6-10-17)18-11-7-4-8-12-18/h2-14,16,22H,1,15H2. The Hall–Kier alpha value is -2.82. The van der Waals surface area contributed by atoms with Crippen LogP contribution >= 0.6 is 23.4 Å². The second-order valence-electron chi connectivity index (χ2n) is 6.58. The van der Waals surface area contributed by atoms with Gasteiger partial charge in [0.2, 0.25) is 0 Å². The molecule has 0 bridgehead atoms. The molecule has 0 saturated carbocycles. The van der Waals surface area contributed by atoms with E-state index in [2.05, 4.69) is 30.8 Å². The lowest BCUT2D eigenvalue weighted by Gasteiger charge is -2.19. The van der Waals surface area contributed by atoms with Gasteiger partial charge in [-0.3, -0.25) is 9.36 Å². The lowest BCUT2D eigenvalue weighted by Crippen LogP contribution is -2.23. The van der Waals surface area contributed by atoms with Crippen molar-refractivity contribution in [1.29, 1.82) is 0 Å². The number of halogens is 1. The molecule has 0 N–H and O–H groups in total. The van der Waals surface area contributed by atoms with Crippen LogP contribution in [0.5, 0.6) is 0 Å². The fourth-order valence-electron chi connectivity index (χ4n) is 3.24. The van der Waals surface area contributed by atoms with Crippen LogP contribution < -0.4 is 5.56 Å². The minimum atomic E-state index is -0.111. The number of hydrogen-bond donors (Lipinski definition) is 0. The van der Waals surface area contributed by atoms with E-state index in [1.807, 2.05) is 36.4 Å². The molecule has 1 heterocycles. The molecular formula is C24H19ClN2OS. The van der Waals surface area contributed by atoms with Gasteiger partial charge in [-0.25, -0.2) is 4.98 Å². The summed E-state index contributed by atoms with van der Waals surface area (Å²) < 4.78 is 1.66. The SMILES string of the molecule is C=CCn1c(SC(c2ccccc2)c2ccccc2)nc2ccc(Cl)cc2c1=O. The molecule has 0 fully saturated rings. The lowest BCUT2D eigenvalue weighted by molar-refractivity contribution is 0.670. The molecule has 144 valence electrons. The van der Waals surface area contributed by atoms with Crippen LogP contribution in [0.15, 0.2) is 101 Å². The molecule has 4 rings (SSSR count). The smallest absolute Gasteiger partial charge is 0.262 e. The molecule has 1 aromatic heterocycles. The first-order chi connectivity index (χ1) is 14.2. The number of benzene rings is 3. The first-order valence-electron chi connectivity index (χ1n) is 9.25. The van der Waals surface area contributed by atoms with Gasteiger partial charge in [-0.2, -0.15) is 0 Å². The van der Waals surface area contributed by atoms with E-state index in [9.17, 15) is 4.79 Å². The van der Waals surface area contributed by atoms with Gasteiger partial charge in [-0.15, -0.1) is 6.58 Å². The predicted molar refractivity (Wildman–Crippen MR) is 122 cm³/mol. The number of thioether (sulfide) groups is 1. The first kappa shape index (κ1) is 19.5. The maximum atomic E-state index is 13.1. The molecule has 0 unspecified atom stereocenters. The summed E-state index contributed by atoms with van der Waals surface area (Å²) in [6.45, 7) is 4.19. The summed E-state index contributed by atoms with van der Waals surface area (Å²) in [5.74, 6) is 0. The van der Waals surface area contributed by atoms with Crippen LogP contribution in [0.1, 0.15) is 16.4 Å². The number of nitrogens with zero attached hydrogens (tertiary/aromatic N) is 2. The van der Waals surface area contributed by atoms with Gasteiger partial charge >= 0.3 is 0 Å². The zero-order chi connectivity index (χ0) is 20.2. The molecule has 0 radical (unpaired) electrons. The molecule has 5 heteroatoms. The molecule has 3 aromatic carbocycles. The van der Waals surface area contributed by atoms with Crippen LogP contribution in [-0.2, 0) is 6.54 Å². The van der Waals surface area contributed by atoms with Gasteiger partial charge in [0.1, 0.15) is 0 Å². The Morgan fingerprint density at radius 2 is 1.62 bits per heavy atom. The Morgan fingerprint density at radius 3 is 2.21 bits per heavy atom. The molecule has 0 amide bonds. The fraction of sp³-hybridized carbons (Fsp3) is 0.0833. The van der Waals surface area contributed by atoms with E-state index >= 15 is 0 Å². The van der Waals surface area contributed by atoms with Gasteiger partial charge in [0.25, 0.3) is 5.56 Å². The summed E-state index contributed by atoms with van der Waals surface area (Å²) >= 11 is 7.67. The van der Waals surface area contributed by atoms with Crippen LogP contribution in [0.4, 0.5) is 0 Å². The Kier molecular flexibility index (Phi) is 5.84. The van der Waals surface area contributed by atoms with Crippen LogP contribution in [0.3, 0.4) is 0 Å². The maximum absolute atomic E-state index is 13.1. The summed E-state index contributed by atoms with van der Waals surface area (Å²) in [6.07, 6.45) is 1.71. The van der Waals surface area contributed by atoms with E-state index in [1.54, 1.807) is 40.6 Å². The molecule has 29 heavy (non-hydrogen) atoms. The largest absolute Gasteiger partial charge is 0.283 e. The Bertz CT molecular complexity index is 1170. The van der Waals surface area contributed by atoms with Crippen molar-refractivity contribution in [2.45, 2.75) is 17.0 Å². The van der Waals surface area contributed by atoms with E-state index in [1.165, 1.54) is 0 Å². The van der Waals surface area contributed by atoms with Gasteiger partial charge in [0.15, 0.2) is 5.16 Å². The third-order valence-electron chi connectivity index (χ3n) is 4.62. The third kappa shape index (κ3) is 4.14. The van der Waals surface area contributed by atoms with Crippen molar-refractivity contribution in [3.63, 3.8) is 0 Å². The van der Waals surface area contributed by atoms with Gasteiger partial charge in [0, 0.05) is 11.6 Å². The quantitative estimate of drug-likeness (QED) is 0.215. The van der Waals surface area contributed by atoms with E-state index in [0.717, 1.165) is 11.1 Å². The highest BCUT2D eigenvalue weighted by atomic mass is 35.5. The maximum Gasteiger partial charge on any atom is 0.262 e. The van der Waals surface area contributed by atoms with Crippen molar-refractivity contribution >= 4 is 34.3 Å². The first-order valence-corrected chi connectivity index (χ1v) is 10.5. The second kappa shape index (κ2) is 8.68. The summed E-state index contributed by atoms with van der Waals surface area (Å²) in [4.78, 5) is 18.0. The summed E-state index contributed by atoms with van der Waals surface area (Å²) in [5.41, 5.74) is 2.83. The highest BCUT2D eigenvalue weighted by molar-refractivity contribution is 7.99. The summed E-state index contributed by atoms with van der Waals surface area (Å²) in [7, 11) is 0. The van der Waals surface area contributed by atoms with Gasteiger partial charge in [0.05, 0.1) is 16.2 Å². The summed E-state index contributed by atoms with van der Waals surface area (Å²) in [6, 6.07) is 25.7. The average Bonchev–Trinajstić information content (AvgIpc) is 2.76. The molecule has 3 nitrogen and oxygen atoms in total. The molecule has 0 saturated heterocycles. The van der Waals surface area contributed by atoms with Gasteiger partial charge < -0.3 is 0 Å². The number of allylic oxidation sites excluding steroid dienone is 1. The van der Waals surface area contributed by atoms with E-state index in [0.29, 0.717) is 27.6 Å². The van der Waals surface area contributed by atoms with Crippen LogP contribution in [0.25, 0.3) is 10.9 Å². The molecule has 0 aliphatic carbocycles. The van der Waals surface area contributed by atoms with Crippen molar-refractivity contribution in [2.24, 2.45) is 0 Å². The fourth-order valence-corrected chi connectivity index (χ4v) is 4.65.